The molecular formula is C21H27F2NO3. The molecule has 0 spiro atoms. The van der Waals surface area contributed by atoms with Crippen LogP contribution in [0.2, 0.25) is 0 Å². The van der Waals surface area contributed by atoms with Gasteiger partial charge in [0.05, 0.1) is 7.11 Å². The van der Waals surface area contributed by atoms with E-state index in [1.54, 1.807) is 0 Å². The van der Waals surface area contributed by atoms with Crippen molar-refractivity contribution in [1.29, 1.82) is 0 Å². The molecule has 1 amide bonds. The van der Waals surface area contributed by atoms with Gasteiger partial charge in [-0.1, -0.05) is 0 Å². The second kappa shape index (κ2) is 7.28. The monoisotopic (exact) mass is 379 g/mol. The maximum absolute atomic E-state index is 12.5. The highest BCUT2D eigenvalue weighted by atomic mass is 19.3. The van der Waals surface area contributed by atoms with Crippen LogP contribution in [0.3, 0.4) is 0 Å². The molecule has 1 aromatic carbocycles. The van der Waals surface area contributed by atoms with Crippen LogP contribution in [0.5, 0.6) is 11.5 Å². The molecule has 0 atom stereocenters. The minimum absolute atomic E-state index is 0.0717. The Morgan fingerprint density at radius 2 is 1.78 bits per heavy atom. The summed E-state index contributed by atoms with van der Waals surface area (Å²) in [6, 6.07) is 4.27. The summed E-state index contributed by atoms with van der Waals surface area (Å²) in [4.78, 5) is 12.5. The van der Waals surface area contributed by atoms with Gasteiger partial charge in [0.1, 0.15) is 0 Å². The van der Waals surface area contributed by atoms with Crippen LogP contribution in [0.25, 0.3) is 0 Å². The Hall–Kier alpha value is -1.85. The number of carbonyl (C=O) groups is 1. The molecule has 4 saturated carbocycles. The highest BCUT2D eigenvalue weighted by molar-refractivity contribution is 5.94. The van der Waals surface area contributed by atoms with Gasteiger partial charge < -0.3 is 14.8 Å². The fourth-order valence-electron chi connectivity index (χ4n) is 6.14. The Kier molecular flexibility index (Phi) is 4.99. The zero-order chi connectivity index (χ0) is 19.0. The molecule has 1 aromatic rings. The Morgan fingerprint density at radius 3 is 2.33 bits per heavy atom. The van der Waals surface area contributed by atoms with Gasteiger partial charge in [0, 0.05) is 12.1 Å². The molecule has 0 aliphatic heterocycles. The van der Waals surface area contributed by atoms with Crippen molar-refractivity contribution in [3.63, 3.8) is 0 Å². The van der Waals surface area contributed by atoms with Gasteiger partial charge >= 0.3 is 6.61 Å². The Labute approximate surface area is 158 Å². The van der Waals surface area contributed by atoms with Crippen LogP contribution in [0.15, 0.2) is 18.2 Å². The van der Waals surface area contributed by atoms with E-state index < -0.39 is 6.61 Å². The Bertz CT molecular complexity index is 671. The van der Waals surface area contributed by atoms with E-state index in [0.29, 0.717) is 17.5 Å². The molecule has 0 unspecified atom stereocenters. The number of nitrogens with one attached hydrogen (secondary N) is 1. The topological polar surface area (TPSA) is 47.6 Å². The molecule has 6 heteroatoms. The minimum atomic E-state index is -2.93. The molecular weight excluding hydrogens is 352 g/mol. The van der Waals surface area contributed by atoms with Crippen molar-refractivity contribution in [1.82, 2.24) is 5.32 Å². The molecule has 27 heavy (non-hydrogen) atoms. The largest absolute Gasteiger partial charge is 0.493 e. The van der Waals surface area contributed by atoms with Crippen LogP contribution >= 0.6 is 0 Å². The number of rotatable bonds is 7. The molecule has 5 rings (SSSR count). The quantitative estimate of drug-likeness (QED) is 0.751. The van der Waals surface area contributed by atoms with Crippen molar-refractivity contribution >= 4 is 5.91 Å². The summed E-state index contributed by atoms with van der Waals surface area (Å²) in [5.74, 6) is 2.55. The average Bonchev–Trinajstić information content (AvgIpc) is 2.60. The summed E-state index contributed by atoms with van der Waals surface area (Å²) in [6.45, 7) is -2.28. The van der Waals surface area contributed by atoms with E-state index in [9.17, 15) is 13.6 Å². The van der Waals surface area contributed by atoms with Crippen LogP contribution in [-0.2, 0) is 0 Å². The summed E-state index contributed by atoms with van der Waals surface area (Å²) in [6.07, 6.45) is 9.24. The molecule has 4 aliphatic carbocycles. The maximum atomic E-state index is 12.5. The molecule has 4 aliphatic rings. The number of alkyl halides is 2. The third-order valence-corrected chi connectivity index (χ3v) is 6.75. The lowest BCUT2D eigenvalue weighted by atomic mass is 9.49. The van der Waals surface area contributed by atoms with E-state index in [0.717, 1.165) is 24.2 Å². The molecule has 0 saturated heterocycles. The van der Waals surface area contributed by atoms with Gasteiger partial charge in [-0.05, 0) is 86.3 Å². The number of hydrogen-bond donors (Lipinski definition) is 1. The predicted octanol–water partition coefficient (Wildman–Crippen LogP) is 4.63. The van der Waals surface area contributed by atoms with E-state index in [1.807, 2.05) is 0 Å². The molecule has 4 fully saturated rings. The first kappa shape index (κ1) is 18.5. The lowest BCUT2D eigenvalue weighted by molar-refractivity contribution is -0.0564. The maximum Gasteiger partial charge on any atom is 0.387 e. The lowest BCUT2D eigenvalue weighted by Crippen LogP contribution is -2.47. The predicted molar refractivity (Wildman–Crippen MR) is 97.2 cm³/mol. The summed E-state index contributed by atoms with van der Waals surface area (Å²) in [5.41, 5.74) is 0.813. The smallest absolute Gasteiger partial charge is 0.387 e. The highest BCUT2D eigenvalue weighted by Crippen LogP contribution is 2.61. The average molecular weight is 379 g/mol. The Morgan fingerprint density at radius 1 is 1.15 bits per heavy atom. The Balaban J connectivity index is 1.34. The van der Waals surface area contributed by atoms with Crippen molar-refractivity contribution < 1.29 is 23.0 Å². The highest BCUT2D eigenvalue weighted by Gasteiger charge is 2.50. The van der Waals surface area contributed by atoms with Gasteiger partial charge in [-0.3, -0.25) is 4.79 Å². The second-order valence-electron chi connectivity index (χ2n) is 8.67. The van der Waals surface area contributed by atoms with Crippen LogP contribution in [0, 0.1) is 23.2 Å². The fourth-order valence-corrected chi connectivity index (χ4v) is 6.14. The van der Waals surface area contributed by atoms with E-state index >= 15 is 0 Å². The molecule has 148 valence electrons. The van der Waals surface area contributed by atoms with Gasteiger partial charge in [-0.25, -0.2) is 0 Å². The molecule has 0 radical (unpaired) electrons. The first-order valence-corrected chi connectivity index (χ1v) is 9.87. The fraction of sp³-hybridized carbons (Fsp3) is 0.667. The summed E-state index contributed by atoms with van der Waals surface area (Å²) in [7, 11) is 1.36. The van der Waals surface area contributed by atoms with Crippen LogP contribution in [-0.4, -0.2) is 26.2 Å². The van der Waals surface area contributed by atoms with Gasteiger partial charge in [-0.2, -0.15) is 8.78 Å². The number of amides is 1. The van der Waals surface area contributed by atoms with Crippen molar-refractivity contribution in [3.8, 4) is 11.5 Å². The summed E-state index contributed by atoms with van der Waals surface area (Å²) >= 11 is 0. The first-order chi connectivity index (χ1) is 13.0. The van der Waals surface area contributed by atoms with Crippen molar-refractivity contribution in [2.75, 3.05) is 13.7 Å². The number of hydrogen-bond acceptors (Lipinski definition) is 3. The lowest BCUT2D eigenvalue weighted by Gasteiger charge is -2.57. The zero-order valence-corrected chi connectivity index (χ0v) is 15.7. The van der Waals surface area contributed by atoms with Crippen molar-refractivity contribution in [3.05, 3.63) is 23.8 Å². The molecule has 0 aromatic heterocycles. The third-order valence-electron chi connectivity index (χ3n) is 6.75. The molecule has 4 bridgehead atoms. The van der Waals surface area contributed by atoms with Gasteiger partial charge in [-0.15, -0.1) is 0 Å². The van der Waals surface area contributed by atoms with Crippen LogP contribution in [0.1, 0.15) is 55.3 Å². The molecule has 1 N–H and O–H groups in total. The normalized spacial score (nSPS) is 31.2. The molecule has 4 nitrogen and oxygen atoms in total. The SMILES string of the molecule is COc1cc(C(=O)NCCC23CC4CC(CC(C4)C2)C3)ccc1OC(F)F. The number of methoxy groups -OCH3 is 1. The number of ether oxygens (including phenoxy) is 2. The van der Waals surface area contributed by atoms with Gasteiger partial charge in [0.15, 0.2) is 11.5 Å². The van der Waals surface area contributed by atoms with Crippen LogP contribution < -0.4 is 14.8 Å². The van der Waals surface area contributed by atoms with E-state index in [1.165, 1.54) is 63.8 Å². The van der Waals surface area contributed by atoms with Crippen molar-refractivity contribution in [2.24, 2.45) is 23.2 Å². The van der Waals surface area contributed by atoms with Gasteiger partial charge in [0.2, 0.25) is 0 Å². The summed E-state index contributed by atoms with van der Waals surface area (Å²) in [5, 5.41) is 3.00. The summed E-state index contributed by atoms with van der Waals surface area (Å²) < 4.78 is 34.3. The van der Waals surface area contributed by atoms with Crippen LogP contribution in [0.4, 0.5) is 8.78 Å². The van der Waals surface area contributed by atoms with E-state index in [-0.39, 0.29) is 17.4 Å². The standard InChI is InChI=1S/C21H27F2NO3/c1-26-18-9-16(2-3-17(18)27-20(22)23)19(25)24-5-4-21-10-13-6-14(11-21)8-15(7-13)12-21/h2-3,9,13-15,20H,4-8,10-12H2,1H3,(H,24,25). The zero-order valence-electron chi connectivity index (χ0n) is 15.7. The van der Waals surface area contributed by atoms with Gasteiger partial charge in [0.25, 0.3) is 5.91 Å². The van der Waals surface area contributed by atoms with E-state index in [4.69, 9.17) is 4.74 Å². The first-order valence-electron chi connectivity index (χ1n) is 9.87. The van der Waals surface area contributed by atoms with E-state index in [2.05, 4.69) is 10.1 Å². The van der Waals surface area contributed by atoms with Crippen molar-refractivity contribution in [2.45, 2.75) is 51.6 Å². The second-order valence-corrected chi connectivity index (χ2v) is 8.67. The number of benzene rings is 1. The molecule has 0 heterocycles. The number of halogens is 2. The third kappa shape index (κ3) is 3.90. The number of carbonyl (C=O) groups excluding carboxylic acids is 1. The minimum Gasteiger partial charge on any atom is -0.493 e.